The van der Waals surface area contributed by atoms with Gasteiger partial charge in [0.1, 0.15) is 6.29 Å². The molecule has 1 aromatic heterocycles. The van der Waals surface area contributed by atoms with Crippen LogP contribution >= 0.6 is 0 Å². The molecule has 0 amide bonds. The van der Waals surface area contributed by atoms with Gasteiger partial charge in [0, 0.05) is 11.3 Å². The smallest absolute Gasteiger partial charge is 0.150 e. The average molecular weight is 214 g/mol. The summed E-state index contributed by atoms with van der Waals surface area (Å²) in [6.07, 6.45) is 0.843. The fraction of sp³-hybridized carbons (Fsp3) is 0.231. The predicted octanol–water partition coefficient (Wildman–Crippen LogP) is 2.61. The van der Waals surface area contributed by atoms with E-state index in [1.807, 2.05) is 30.7 Å². The number of carbonyl (C=O) groups excluding carboxylic acids is 1. The SMILES string of the molecule is Cc1nn(-c2ccc(C=O)cc2)c(C)c1C. The highest BCUT2D eigenvalue weighted by molar-refractivity contribution is 5.75. The molecule has 3 nitrogen and oxygen atoms in total. The standard InChI is InChI=1S/C13H14N2O/c1-9-10(2)14-15(11(9)3)13-6-4-12(8-16)5-7-13/h4-8H,1-3H3. The molecule has 0 unspecified atom stereocenters. The molecule has 0 aliphatic heterocycles. The van der Waals surface area contributed by atoms with Crippen LogP contribution in [0, 0.1) is 20.8 Å². The van der Waals surface area contributed by atoms with Crippen molar-refractivity contribution in [2.24, 2.45) is 0 Å². The van der Waals surface area contributed by atoms with Gasteiger partial charge in [0.05, 0.1) is 11.4 Å². The van der Waals surface area contributed by atoms with E-state index >= 15 is 0 Å². The number of aryl methyl sites for hydroxylation is 1. The van der Waals surface area contributed by atoms with Gasteiger partial charge in [-0.2, -0.15) is 5.10 Å². The normalized spacial score (nSPS) is 10.4. The van der Waals surface area contributed by atoms with Crippen molar-refractivity contribution in [3.05, 3.63) is 46.8 Å². The molecule has 0 aliphatic carbocycles. The molecule has 0 saturated heterocycles. The highest BCUT2D eigenvalue weighted by Gasteiger charge is 2.08. The molecular formula is C13H14N2O. The Morgan fingerprint density at radius 3 is 2.19 bits per heavy atom. The van der Waals surface area contributed by atoms with E-state index in [4.69, 9.17) is 0 Å². The van der Waals surface area contributed by atoms with Crippen LogP contribution in [0.25, 0.3) is 5.69 Å². The number of hydrogen-bond acceptors (Lipinski definition) is 2. The first kappa shape index (κ1) is 10.6. The molecule has 2 aromatic rings. The van der Waals surface area contributed by atoms with Gasteiger partial charge in [-0.1, -0.05) is 0 Å². The lowest BCUT2D eigenvalue weighted by Crippen LogP contribution is -1.99. The lowest BCUT2D eigenvalue weighted by atomic mass is 10.2. The van der Waals surface area contributed by atoms with Gasteiger partial charge in [-0.05, 0) is 50.6 Å². The lowest BCUT2D eigenvalue weighted by molar-refractivity contribution is 0.112. The van der Waals surface area contributed by atoms with Crippen molar-refractivity contribution in [3.63, 3.8) is 0 Å². The Morgan fingerprint density at radius 2 is 1.75 bits per heavy atom. The molecule has 82 valence electrons. The molecule has 0 radical (unpaired) electrons. The molecule has 3 heteroatoms. The Bertz CT molecular complexity index is 524. The Balaban J connectivity index is 2.50. The van der Waals surface area contributed by atoms with Gasteiger partial charge < -0.3 is 0 Å². The van der Waals surface area contributed by atoms with Crippen molar-refractivity contribution in [3.8, 4) is 5.69 Å². The van der Waals surface area contributed by atoms with Crippen LogP contribution in [0.5, 0.6) is 0 Å². The van der Waals surface area contributed by atoms with Crippen molar-refractivity contribution in [2.45, 2.75) is 20.8 Å². The molecular weight excluding hydrogens is 200 g/mol. The Kier molecular flexibility index (Phi) is 2.60. The van der Waals surface area contributed by atoms with Crippen LogP contribution in [-0.2, 0) is 0 Å². The van der Waals surface area contributed by atoms with Gasteiger partial charge in [0.2, 0.25) is 0 Å². The fourth-order valence-corrected chi connectivity index (χ4v) is 1.67. The summed E-state index contributed by atoms with van der Waals surface area (Å²) in [5.41, 5.74) is 5.05. The zero-order valence-corrected chi connectivity index (χ0v) is 9.69. The van der Waals surface area contributed by atoms with E-state index in [-0.39, 0.29) is 0 Å². The van der Waals surface area contributed by atoms with Gasteiger partial charge in [-0.3, -0.25) is 4.79 Å². The predicted molar refractivity (Wildman–Crippen MR) is 63.2 cm³/mol. The third-order valence-electron chi connectivity index (χ3n) is 2.93. The van der Waals surface area contributed by atoms with E-state index in [9.17, 15) is 4.79 Å². The van der Waals surface area contributed by atoms with E-state index in [1.165, 1.54) is 5.56 Å². The molecule has 1 heterocycles. The third kappa shape index (κ3) is 1.65. The van der Waals surface area contributed by atoms with Crippen LogP contribution in [0.1, 0.15) is 27.3 Å². The number of hydrogen-bond donors (Lipinski definition) is 0. The minimum absolute atomic E-state index is 0.682. The van der Waals surface area contributed by atoms with Crippen molar-refractivity contribution in [1.29, 1.82) is 0 Å². The van der Waals surface area contributed by atoms with E-state index in [0.29, 0.717) is 5.56 Å². The second-order valence-electron chi connectivity index (χ2n) is 3.92. The molecule has 0 fully saturated rings. The maximum absolute atomic E-state index is 10.6. The average Bonchev–Trinajstić information content (AvgIpc) is 2.57. The Hall–Kier alpha value is -1.90. The summed E-state index contributed by atoms with van der Waals surface area (Å²) in [7, 11) is 0. The summed E-state index contributed by atoms with van der Waals surface area (Å²) in [4.78, 5) is 10.6. The topological polar surface area (TPSA) is 34.9 Å². The van der Waals surface area contributed by atoms with Gasteiger partial charge in [-0.15, -0.1) is 0 Å². The number of aromatic nitrogens is 2. The first-order chi connectivity index (χ1) is 7.63. The zero-order chi connectivity index (χ0) is 11.7. The molecule has 0 spiro atoms. The van der Waals surface area contributed by atoms with Crippen LogP contribution in [0.4, 0.5) is 0 Å². The number of aldehydes is 1. The molecule has 0 bridgehead atoms. The molecule has 0 aliphatic rings. The van der Waals surface area contributed by atoms with Crippen LogP contribution in [0.3, 0.4) is 0 Å². The fourth-order valence-electron chi connectivity index (χ4n) is 1.67. The maximum Gasteiger partial charge on any atom is 0.150 e. The molecule has 16 heavy (non-hydrogen) atoms. The van der Waals surface area contributed by atoms with Crippen LogP contribution in [-0.4, -0.2) is 16.1 Å². The number of benzene rings is 1. The van der Waals surface area contributed by atoms with Crippen LogP contribution in [0.15, 0.2) is 24.3 Å². The van der Waals surface area contributed by atoms with E-state index in [0.717, 1.165) is 23.4 Å². The van der Waals surface area contributed by atoms with E-state index < -0.39 is 0 Å². The molecule has 0 atom stereocenters. The summed E-state index contributed by atoms with van der Waals surface area (Å²) in [5, 5.41) is 4.46. The third-order valence-corrected chi connectivity index (χ3v) is 2.93. The van der Waals surface area contributed by atoms with E-state index in [1.54, 1.807) is 12.1 Å². The van der Waals surface area contributed by atoms with Crippen LogP contribution in [0.2, 0.25) is 0 Å². The van der Waals surface area contributed by atoms with Crippen molar-refractivity contribution in [1.82, 2.24) is 9.78 Å². The zero-order valence-electron chi connectivity index (χ0n) is 9.69. The second kappa shape index (κ2) is 3.93. The quantitative estimate of drug-likeness (QED) is 0.720. The molecule has 0 N–H and O–H groups in total. The first-order valence-electron chi connectivity index (χ1n) is 5.22. The van der Waals surface area contributed by atoms with Crippen molar-refractivity contribution >= 4 is 6.29 Å². The molecule has 2 rings (SSSR count). The first-order valence-corrected chi connectivity index (χ1v) is 5.22. The Morgan fingerprint density at radius 1 is 1.12 bits per heavy atom. The van der Waals surface area contributed by atoms with Gasteiger partial charge >= 0.3 is 0 Å². The maximum atomic E-state index is 10.6. The summed E-state index contributed by atoms with van der Waals surface area (Å²) in [6.45, 7) is 6.11. The molecule has 0 saturated carbocycles. The minimum atomic E-state index is 0.682. The Labute approximate surface area is 94.7 Å². The molecule has 1 aromatic carbocycles. The van der Waals surface area contributed by atoms with Crippen molar-refractivity contribution in [2.75, 3.05) is 0 Å². The highest BCUT2D eigenvalue weighted by Crippen LogP contribution is 2.16. The lowest BCUT2D eigenvalue weighted by Gasteiger charge is -2.04. The largest absolute Gasteiger partial charge is 0.298 e. The van der Waals surface area contributed by atoms with Gasteiger partial charge in [0.25, 0.3) is 0 Å². The van der Waals surface area contributed by atoms with E-state index in [2.05, 4.69) is 12.0 Å². The summed E-state index contributed by atoms with van der Waals surface area (Å²) < 4.78 is 1.90. The summed E-state index contributed by atoms with van der Waals surface area (Å²) in [5.74, 6) is 0. The second-order valence-corrected chi connectivity index (χ2v) is 3.92. The number of rotatable bonds is 2. The van der Waals surface area contributed by atoms with Gasteiger partial charge in [0.15, 0.2) is 0 Å². The van der Waals surface area contributed by atoms with Crippen LogP contribution < -0.4 is 0 Å². The number of carbonyl (C=O) groups is 1. The monoisotopic (exact) mass is 214 g/mol. The van der Waals surface area contributed by atoms with Gasteiger partial charge in [-0.25, -0.2) is 4.68 Å². The van der Waals surface area contributed by atoms with Crippen molar-refractivity contribution < 1.29 is 4.79 Å². The summed E-state index contributed by atoms with van der Waals surface area (Å²) in [6, 6.07) is 7.41. The summed E-state index contributed by atoms with van der Waals surface area (Å²) >= 11 is 0. The minimum Gasteiger partial charge on any atom is -0.298 e. The highest BCUT2D eigenvalue weighted by atomic mass is 16.1. The number of nitrogens with zero attached hydrogens (tertiary/aromatic N) is 2.